The monoisotopic (exact) mass is 326 g/mol. The van der Waals surface area contributed by atoms with E-state index in [1.807, 2.05) is 14.1 Å². The first kappa shape index (κ1) is 21.0. The smallest absolute Gasteiger partial charge is 0.341 e. The lowest BCUT2D eigenvalue weighted by molar-refractivity contribution is -0.965. The van der Waals surface area contributed by atoms with Crippen molar-refractivity contribution in [3.63, 3.8) is 0 Å². The molecule has 0 fully saturated rings. The van der Waals surface area contributed by atoms with Crippen LogP contribution in [0, 0.1) is 0 Å². The van der Waals surface area contributed by atoms with Gasteiger partial charge in [0.05, 0.1) is 20.6 Å². The second-order valence-corrected chi connectivity index (χ2v) is 7.75. The van der Waals surface area contributed by atoms with Gasteiger partial charge in [0.15, 0.2) is 0 Å². The van der Waals surface area contributed by atoms with Gasteiger partial charge in [-0.25, -0.2) is 4.57 Å². The number of rotatable bonds is 12. The number of hydrogen-bond donors (Lipinski definition) is 3. The van der Waals surface area contributed by atoms with Gasteiger partial charge in [0, 0.05) is 6.92 Å². The molecule has 3 N–H and O–H groups in total. The zero-order valence-electron chi connectivity index (χ0n) is 13.9. The molecule has 0 aromatic carbocycles. The van der Waals surface area contributed by atoms with Crippen molar-refractivity contribution in [2.75, 3.05) is 27.2 Å². The van der Waals surface area contributed by atoms with Crippen LogP contribution in [-0.2, 0) is 9.09 Å². The van der Waals surface area contributed by atoms with E-state index in [1.165, 1.54) is 32.1 Å². The predicted molar refractivity (Wildman–Crippen MR) is 83.6 cm³/mol. The fourth-order valence-corrected chi connectivity index (χ4v) is 2.50. The maximum Gasteiger partial charge on any atom is 0.469 e. The van der Waals surface area contributed by atoms with E-state index < -0.39 is 13.5 Å². The molecule has 0 aromatic heterocycles. The van der Waals surface area contributed by atoms with Gasteiger partial charge in [0.2, 0.25) is 5.72 Å². The normalized spacial score (nSPS) is 16.0. The molecule has 0 rings (SSSR count). The Morgan fingerprint density at radius 3 is 2.00 bits per heavy atom. The highest BCUT2D eigenvalue weighted by Crippen LogP contribution is 2.37. The third-order valence-corrected chi connectivity index (χ3v) is 4.60. The van der Waals surface area contributed by atoms with Crippen molar-refractivity contribution in [1.82, 2.24) is 0 Å². The third-order valence-electron chi connectivity index (χ3n) is 4.13. The van der Waals surface area contributed by atoms with Gasteiger partial charge in [0.1, 0.15) is 6.61 Å². The average molecular weight is 326 g/mol. The molecule has 0 bridgehead atoms. The summed E-state index contributed by atoms with van der Waals surface area (Å²) in [5, 5.41) is 10.4. The lowest BCUT2D eigenvalue weighted by Gasteiger charge is -2.42. The summed E-state index contributed by atoms with van der Waals surface area (Å²) in [4.78, 5) is 17.5. The maximum atomic E-state index is 10.7. The Balaban J connectivity index is 4.06. The SMILES string of the molecule is CCCCCCCCC[N+](C)(C)C(C)(O)COP(=O)(O)O. The minimum atomic E-state index is -4.55. The number of phosphoric acid groups is 1. The minimum absolute atomic E-state index is 0.252. The zero-order valence-corrected chi connectivity index (χ0v) is 14.8. The Kier molecular flexibility index (Phi) is 9.25. The summed E-state index contributed by atoms with van der Waals surface area (Å²) in [6.45, 7) is 4.10. The van der Waals surface area contributed by atoms with E-state index in [1.54, 1.807) is 6.92 Å². The molecule has 1 unspecified atom stereocenters. The van der Waals surface area contributed by atoms with Crippen LogP contribution in [0.5, 0.6) is 0 Å². The Hall–Kier alpha value is 0.0300. The van der Waals surface area contributed by atoms with Crippen molar-refractivity contribution in [3.05, 3.63) is 0 Å². The van der Waals surface area contributed by atoms with Crippen LogP contribution >= 0.6 is 7.82 Å². The molecule has 0 heterocycles. The molecule has 21 heavy (non-hydrogen) atoms. The van der Waals surface area contributed by atoms with Gasteiger partial charge in [-0.05, 0) is 12.8 Å². The fourth-order valence-electron chi connectivity index (χ4n) is 2.09. The molecule has 0 aliphatic carbocycles. The number of hydrogen-bond acceptors (Lipinski definition) is 3. The van der Waals surface area contributed by atoms with Crippen molar-refractivity contribution in [3.8, 4) is 0 Å². The number of phosphoric ester groups is 1. The number of unbranched alkanes of at least 4 members (excludes halogenated alkanes) is 6. The lowest BCUT2D eigenvalue weighted by atomic mass is 10.1. The van der Waals surface area contributed by atoms with Gasteiger partial charge < -0.3 is 14.9 Å². The molecule has 0 radical (unpaired) electrons. The second-order valence-electron chi connectivity index (χ2n) is 6.51. The van der Waals surface area contributed by atoms with E-state index in [0.717, 1.165) is 19.4 Å². The van der Waals surface area contributed by atoms with Crippen LogP contribution in [0.3, 0.4) is 0 Å². The summed E-state index contributed by atoms with van der Waals surface area (Å²) >= 11 is 0. The van der Waals surface area contributed by atoms with Crippen LogP contribution in [0.2, 0.25) is 0 Å². The summed E-state index contributed by atoms with van der Waals surface area (Å²) in [5.74, 6) is 0. The predicted octanol–water partition coefficient (Wildman–Crippen LogP) is 2.63. The summed E-state index contributed by atoms with van der Waals surface area (Å²) in [7, 11) is -0.854. The summed E-state index contributed by atoms with van der Waals surface area (Å²) < 4.78 is 15.4. The van der Waals surface area contributed by atoms with E-state index in [0.29, 0.717) is 0 Å². The number of likely N-dealkylation sites (N-methyl/N-ethyl adjacent to an activating group) is 1. The van der Waals surface area contributed by atoms with Crippen LogP contribution in [0.25, 0.3) is 0 Å². The summed E-state index contributed by atoms with van der Waals surface area (Å²) in [5.41, 5.74) is -1.33. The second kappa shape index (κ2) is 9.23. The summed E-state index contributed by atoms with van der Waals surface area (Å²) in [6, 6.07) is 0. The molecule has 0 saturated heterocycles. The number of aliphatic hydroxyl groups is 1. The molecule has 0 saturated carbocycles. The molecule has 0 aromatic rings. The molecule has 7 heteroatoms. The van der Waals surface area contributed by atoms with Crippen LogP contribution in [-0.4, -0.2) is 52.3 Å². The van der Waals surface area contributed by atoms with Gasteiger partial charge in [-0.2, -0.15) is 0 Å². The third kappa shape index (κ3) is 9.61. The van der Waals surface area contributed by atoms with E-state index in [-0.39, 0.29) is 11.1 Å². The standard InChI is InChI=1S/C14H32NO5P/c1-5-6-7-8-9-10-11-12-15(3,4)14(2,16)13-20-21(17,18)19/h16H,5-13H2,1-4H3,(H-,17,18,19)/p+1. The lowest BCUT2D eigenvalue weighted by Crippen LogP contribution is -2.60. The van der Waals surface area contributed by atoms with Gasteiger partial charge >= 0.3 is 7.82 Å². The Morgan fingerprint density at radius 1 is 1.05 bits per heavy atom. The zero-order chi connectivity index (χ0) is 16.6. The van der Waals surface area contributed by atoms with Gasteiger partial charge in [-0.1, -0.05) is 39.0 Å². The molecular weight excluding hydrogens is 293 g/mol. The molecule has 6 nitrogen and oxygen atoms in total. The molecule has 128 valence electrons. The molecule has 0 spiro atoms. The van der Waals surface area contributed by atoms with Crippen molar-refractivity contribution >= 4 is 7.82 Å². The summed E-state index contributed by atoms with van der Waals surface area (Å²) in [6.07, 6.45) is 8.34. The largest absolute Gasteiger partial charge is 0.469 e. The first-order valence-electron chi connectivity index (χ1n) is 7.77. The first-order chi connectivity index (χ1) is 9.52. The highest BCUT2D eigenvalue weighted by molar-refractivity contribution is 7.46. The van der Waals surface area contributed by atoms with Gasteiger partial charge in [-0.15, -0.1) is 0 Å². The van der Waals surface area contributed by atoms with Crippen LogP contribution in [0.4, 0.5) is 0 Å². The Labute approximate surface area is 128 Å². The van der Waals surface area contributed by atoms with Gasteiger partial charge in [0.25, 0.3) is 0 Å². The maximum absolute atomic E-state index is 10.7. The average Bonchev–Trinajstić information content (AvgIpc) is 2.34. The minimum Gasteiger partial charge on any atom is -0.341 e. The highest BCUT2D eigenvalue weighted by atomic mass is 31.2. The van der Waals surface area contributed by atoms with Crippen molar-refractivity contribution < 1.29 is 28.5 Å². The van der Waals surface area contributed by atoms with Gasteiger partial charge in [-0.3, -0.25) is 9.01 Å². The van der Waals surface area contributed by atoms with E-state index in [2.05, 4.69) is 11.4 Å². The number of nitrogens with zero attached hydrogens (tertiary/aromatic N) is 1. The molecular formula is C14H33NO5P+. The van der Waals surface area contributed by atoms with Crippen LogP contribution in [0.15, 0.2) is 0 Å². The quantitative estimate of drug-likeness (QED) is 0.222. The highest BCUT2D eigenvalue weighted by Gasteiger charge is 2.40. The van der Waals surface area contributed by atoms with Crippen LogP contribution in [0.1, 0.15) is 58.8 Å². The topological polar surface area (TPSA) is 87.0 Å². The van der Waals surface area contributed by atoms with Crippen molar-refractivity contribution in [1.29, 1.82) is 0 Å². The molecule has 0 aliphatic rings. The first-order valence-corrected chi connectivity index (χ1v) is 9.30. The van der Waals surface area contributed by atoms with Crippen LogP contribution < -0.4 is 0 Å². The number of quaternary nitrogens is 1. The van der Waals surface area contributed by atoms with Crippen molar-refractivity contribution in [2.45, 2.75) is 64.5 Å². The van der Waals surface area contributed by atoms with E-state index >= 15 is 0 Å². The van der Waals surface area contributed by atoms with E-state index in [4.69, 9.17) is 9.79 Å². The Bertz CT molecular complexity index is 327. The molecule has 0 aliphatic heterocycles. The van der Waals surface area contributed by atoms with Crippen molar-refractivity contribution in [2.24, 2.45) is 0 Å². The fraction of sp³-hybridized carbons (Fsp3) is 1.00. The molecule has 0 amide bonds. The van der Waals surface area contributed by atoms with E-state index in [9.17, 15) is 9.67 Å². The Morgan fingerprint density at radius 2 is 1.52 bits per heavy atom. The molecule has 1 atom stereocenters.